The summed E-state index contributed by atoms with van der Waals surface area (Å²) in [7, 11) is 0. The fourth-order valence-electron chi connectivity index (χ4n) is 2.51. The number of nitrogens with zero attached hydrogens (tertiary/aromatic N) is 3. The van der Waals surface area contributed by atoms with Crippen molar-refractivity contribution in [2.45, 2.75) is 32.6 Å². The SMILES string of the molecule is CCCCCc1cc(-c2c[nH]c3ncccc23)nc(N)n1. The van der Waals surface area contributed by atoms with Crippen molar-refractivity contribution >= 4 is 17.0 Å². The highest BCUT2D eigenvalue weighted by Crippen LogP contribution is 2.27. The van der Waals surface area contributed by atoms with Crippen molar-refractivity contribution in [3.05, 3.63) is 36.3 Å². The third kappa shape index (κ3) is 2.86. The highest BCUT2D eigenvalue weighted by atomic mass is 15.0. The number of aryl methyl sites for hydroxylation is 1. The fourth-order valence-corrected chi connectivity index (χ4v) is 2.51. The van der Waals surface area contributed by atoms with Crippen molar-refractivity contribution in [2.24, 2.45) is 0 Å². The minimum Gasteiger partial charge on any atom is -0.368 e. The molecule has 0 fully saturated rings. The van der Waals surface area contributed by atoms with Crippen LogP contribution in [0.4, 0.5) is 5.95 Å². The molecule has 0 aromatic carbocycles. The maximum Gasteiger partial charge on any atom is 0.220 e. The second-order valence-electron chi connectivity index (χ2n) is 5.16. The molecule has 3 heterocycles. The van der Waals surface area contributed by atoms with Crippen LogP contribution in [0.1, 0.15) is 31.9 Å². The minimum atomic E-state index is 0.331. The van der Waals surface area contributed by atoms with Gasteiger partial charge in [0.1, 0.15) is 5.65 Å². The molecule has 0 aliphatic heterocycles. The maximum absolute atomic E-state index is 5.87. The molecule has 3 N–H and O–H groups in total. The quantitative estimate of drug-likeness (QED) is 0.703. The van der Waals surface area contributed by atoms with Gasteiger partial charge in [0.2, 0.25) is 5.95 Å². The predicted octanol–water partition coefficient (Wildman–Crippen LogP) is 3.33. The van der Waals surface area contributed by atoms with Gasteiger partial charge in [0.05, 0.1) is 5.69 Å². The standard InChI is InChI=1S/C16H19N5/c1-2-3-4-6-11-9-14(21-16(17)20-11)13-10-19-15-12(13)7-5-8-18-15/h5,7-10H,2-4,6H2,1H3,(H,18,19)(H2,17,20,21). The molecular formula is C16H19N5. The van der Waals surface area contributed by atoms with Crippen LogP contribution in [0.5, 0.6) is 0 Å². The Kier molecular flexibility index (Phi) is 3.81. The number of hydrogen-bond donors (Lipinski definition) is 2. The van der Waals surface area contributed by atoms with Crippen molar-refractivity contribution in [3.63, 3.8) is 0 Å². The Labute approximate surface area is 123 Å². The van der Waals surface area contributed by atoms with E-state index in [1.165, 1.54) is 12.8 Å². The zero-order valence-corrected chi connectivity index (χ0v) is 12.1. The molecule has 3 aromatic rings. The molecule has 0 aliphatic carbocycles. The lowest BCUT2D eigenvalue weighted by Crippen LogP contribution is -2.01. The van der Waals surface area contributed by atoms with Gasteiger partial charge in [-0.1, -0.05) is 19.8 Å². The van der Waals surface area contributed by atoms with E-state index in [0.717, 1.165) is 40.8 Å². The number of H-pyrrole nitrogens is 1. The monoisotopic (exact) mass is 281 g/mol. The topological polar surface area (TPSA) is 80.5 Å². The third-order valence-corrected chi connectivity index (χ3v) is 3.56. The Morgan fingerprint density at radius 2 is 2.14 bits per heavy atom. The van der Waals surface area contributed by atoms with Crippen LogP contribution in [0.3, 0.4) is 0 Å². The number of nitrogen functional groups attached to an aromatic ring is 1. The fraction of sp³-hybridized carbons (Fsp3) is 0.312. The number of nitrogens with one attached hydrogen (secondary N) is 1. The number of aromatic amines is 1. The van der Waals surface area contributed by atoms with Gasteiger partial charge in [-0.3, -0.25) is 0 Å². The molecule has 0 saturated heterocycles. The highest BCUT2D eigenvalue weighted by molar-refractivity contribution is 5.92. The van der Waals surface area contributed by atoms with Gasteiger partial charge in [0.15, 0.2) is 0 Å². The van der Waals surface area contributed by atoms with E-state index in [2.05, 4.69) is 26.9 Å². The number of nitrogens with two attached hydrogens (primary N) is 1. The molecule has 0 aliphatic rings. The molecule has 21 heavy (non-hydrogen) atoms. The summed E-state index contributed by atoms with van der Waals surface area (Å²) in [6.07, 6.45) is 8.16. The Hall–Kier alpha value is -2.43. The van der Waals surface area contributed by atoms with Crippen LogP contribution >= 0.6 is 0 Å². The van der Waals surface area contributed by atoms with Gasteiger partial charge in [-0.15, -0.1) is 0 Å². The summed E-state index contributed by atoms with van der Waals surface area (Å²) in [5, 5.41) is 1.05. The van der Waals surface area contributed by atoms with E-state index in [1.54, 1.807) is 6.20 Å². The van der Waals surface area contributed by atoms with E-state index < -0.39 is 0 Å². The van der Waals surface area contributed by atoms with Crippen LogP contribution in [0, 0.1) is 0 Å². The Bertz CT molecular complexity index is 747. The van der Waals surface area contributed by atoms with Gasteiger partial charge in [-0.25, -0.2) is 15.0 Å². The van der Waals surface area contributed by atoms with Gasteiger partial charge in [-0.2, -0.15) is 0 Å². The smallest absolute Gasteiger partial charge is 0.220 e. The molecule has 108 valence electrons. The van der Waals surface area contributed by atoms with Gasteiger partial charge in [-0.05, 0) is 31.0 Å². The lowest BCUT2D eigenvalue weighted by Gasteiger charge is -2.05. The molecule has 0 atom stereocenters. The van der Waals surface area contributed by atoms with Crippen LogP contribution in [0.25, 0.3) is 22.3 Å². The second kappa shape index (κ2) is 5.91. The van der Waals surface area contributed by atoms with Gasteiger partial charge >= 0.3 is 0 Å². The highest BCUT2D eigenvalue weighted by Gasteiger charge is 2.10. The molecule has 5 nitrogen and oxygen atoms in total. The molecule has 0 saturated carbocycles. The first-order valence-corrected chi connectivity index (χ1v) is 7.34. The molecule has 0 bridgehead atoms. The Morgan fingerprint density at radius 1 is 1.24 bits per heavy atom. The number of pyridine rings is 1. The molecule has 0 amide bonds. The minimum absolute atomic E-state index is 0.331. The van der Waals surface area contributed by atoms with Crippen LogP contribution in [-0.2, 0) is 6.42 Å². The molecule has 0 spiro atoms. The van der Waals surface area contributed by atoms with E-state index in [0.29, 0.717) is 5.95 Å². The molecule has 0 radical (unpaired) electrons. The number of unbranched alkanes of at least 4 members (excludes halogenated alkanes) is 2. The molecule has 3 aromatic heterocycles. The summed E-state index contributed by atoms with van der Waals surface area (Å²) < 4.78 is 0. The van der Waals surface area contributed by atoms with Crippen molar-refractivity contribution in [1.29, 1.82) is 0 Å². The van der Waals surface area contributed by atoms with E-state index in [9.17, 15) is 0 Å². The lowest BCUT2D eigenvalue weighted by atomic mass is 10.1. The molecule has 3 rings (SSSR count). The number of aromatic nitrogens is 4. The summed E-state index contributed by atoms with van der Waals surface area (Å²) in [5.74, 6) is 0.331. The lowest BCUT2D eigenvalue weighted by molar-refractivity contribution is 0.707. The van der Waals surface area contributed by atoms with E-state index in [-0.39, 0.29) is 0 Å². The maximum atomic E-state index is 5.87. The average molecular weight is 281 g/mol. The van der Waals surface area contributed by atoms with Crippen molar-refractivity contribution in [3.8, 4) is 11.3 Å². The van der Waals surface area contributed by atoms with Crippen LogP contribution in [0.2, 0.25) is 0 Å². The van der Waals surface area contributed by atoms with E-state index in [4.69, 9.17) is 5.73 Å². The largest absolute Gasteiger partial charge is 0.368 e. The van der Waals surface area contributed by atoms with Crippen LogP contribution < -0.4 is 5.73 Å². The summed E-state index contributed by atoms with van der Waals surface area (Å²) in [5.41, 5.74) is 9.60. The van der Waals surface area contributed by atoms with Gasteiger partial charge in [0, 0.05) is 29.0 Å². The number of hydrogen-bond acceptors (Lipinski definition) is 4. The number of anilines is 1. The summed E-state index contributed by atoms with van der Waals surface area (Å²) >= 11 is 0. The Balaban J connectivity index is 1.98. The van der Waals surface area contributed by atoms with Crippen molar-refractivity contribution < 1.29 is 0 Å². The second-order valence-corrected chi connectivity index (χ2v) is 5.16. The summed E-state index contributed by atoms with van der Waals surface area (Å²) in [6.45, 7) is 2.19. The zero-order valence-electron chi connectivity index (χ0n) is 12.1. The Morgan fingerprint density at radius 3 is 3.00 bits per heavy atom. The first-order valence-electron chi connectivity index (χ1n) is 7.34. The summed E-state index contributed by atoms with van der Waals surface area (Å²) in [6, 6.07) is 5.98. The molecular weight excluding hydrogens is 262 g/mol. The van der Waals surface area contributed by atoms with Crippen LogP contribution in [0.15, 0.2) is 30.6 Å². The number of rotatable bonds is 5. The summed E-state index contributed by atoms with van der Waals surface area (Å²) in [4.78, 5) is 16.2. The third-order valence-electron chi connectivity index (χ3n) is 3.56. The van der Waals surface area contributed by atoms with Gasteiger partial charge < -0.3 is 10.7 Å². The van der Waals surface area contributed by atoms with E-state index in [1.807, 2.05) is 24.4 Å². The van der Waals surface area contributed by atoms with Crippen molar-refractivity contribution in [1.82, 2.24) is 19.9 Å². The first kappa shape index (κ1) is 13.5. The predicted molar refractivity (Wildman–Crippen MR) is 84.8 cm³/mol. The first-order chi connectivity index (χ1) is 10.3. The van der Waals surface area contributed by atoms with E-state index >= 15 is 0 Å². The zero-order chi connectivity index (χ0) is 14.7. The van der Waals surface area contributed by atoms with Crippen LogP contribution in [-0.4, -0.2) is 19.9 Å². The molecule has 0 unspecified atom stereocenters. The van der Waals surface area contributed by atoms with Gasteiger partial charge in [0.25, 0.3) is 0 Å². The normalized spacial score (nSPS) is 11.1. The number of fused-ring (bicyclic) bond motifs is 1. The molecule has 5 heteroatoms. The van der Waals surface area contributed by atoms with Crippen molar-refractivity contribution in [2.75, 3.05) is 5.73 Å². The average Bonchev–Trinajstić information content (AvgIpc) is 2.91.